The zero-order valence-corrected chi connectivity index (χ0v) is 18.4. The molecule has 0 saturated carbocycles. The molecule has 2 aromatic carbocycles. The number of rotatable bonds is 8. The van der Waals surface area contributed by atoms with Crippen molar-refractivity contribution in [1.82, 2.24) is 9.88 Å². The molecule has 3 aromatic rings. The van der Waals surface area contributed by atoms with Crippen LogP contribution in [0.1, 0.15) is 37.8 Å². The first-order valence-electron chi connectivity index (χ1n) is 11.0. The number of hydrogen-bond acceptors (Lipinski definition) is 7. The zero-order valence-electron chi connectivity index (χ0n) is 18.4. The van der Waals surface area contributed by atoms with Crippen LogP contribution in [0.15, 0.2) is 34.7 Å². The van der Waals surface area contributed by atoms with Gasteiger partial charge < -0.3 is 19.2 Å². The lowest BCUT2D eigenvalue weighted by Crippen LogP contribution is -2.38. The first-order valence-corrected chi connectivity index (χ1v) is 11.0. The molecule has 7 nitrogen and oxygen atoms in total. The number of nitrogens with one attached hydrogen (secondary N) is 1. The number of aromatic nitrogens is 1. The number of benzene rings is 2. The van der Waals surface area contributed by atoms with Gasteiger partial charge in [0.25, 0.3) is 6.01 Å². The van der Waals surface area contributed by atoms with Crippen molar-refractivity contribution in [2.45, 2.75) is 39.3 Å². The lowest BCUT2D eigenvalue weighted by Gasteiger charge is -2.32. The van der Waals surface area contributed by atoms with Crippen LogP contribution < -0.4 is 14.8 Å². The van der Waals surface area contributed by atoms with Gasteiger partial charge in [0, 0.05) is 25.7 Å². The van der Waals surface area contributed by atoms with Gasteiger partial charge >= 0.3 is 0 Å². The van der Waals surface area contributed by atoms with Crippen LogP contribution in [0.4, 0.5) is 10.4 Å². The van der Waals surface area contributed by atoms with Gasteiger partial charge in [-0.25, -0.2) is 0 Å². The minimum atomic E-state index is -0.444. The van der Waals surface area contributed by atoms with Crippen LogP contribution in [-0.4, -0.2) is 42.2 Å². The van der Waals surface area contributed by atoms with E-state index in [2.05, 4.69) is 21.3 Å². The Morgan fingerprint density at radius 3 is 2.47 bits per heavy atom. The Hall–Kier alpha value is -3.31. The third-order valence-electron chi connectivity index (χ3n) is 5.50. The molecule has 0 aliphatic carbocycles. The van der Waals surface area contributed by atoms with Gasteiger partial charge in [-0.2, -0.15) is 14.6 Å². The molecule has 1 fully saturated rings. The van der Waals surface area contributed by atoms with Gasteiger partial charge in [-0.15, -0.1) is 0 Å². The molecule has 0 unspecified atom stereocenters. The molecule has 0 bridgehead atoms. The van der Waals surface area contributed by atoms with Crippen molar-refractivity contribution >= 4 is 17.1 Å². The first kappa shape index (κ1) is 21.9. The molecule has 0 spiro atoms. The molecule has 32 heavy (non-hydrogen) atoms. The molecule has 1 N–H and O–H groups in total. The highest BCUT2D eigenvalue weighted by molar-refractivity contribution is 5.76. The monoisotopic (exact) mass is 438 g/mol. The van der Waals surface area contributed by atoms with Gasteiger partial charge in [0.1, 0.15) is 5.52 Å². The van der Waals surface area contributed by atoms with Gasteiger partial charge in [0.15, 0.2) is 17.1 Å². The summed E-state index contributed by atoms with van der Waals surface area (Å²) in [7, 11) is 0. The highest BCUT2D eigenvalue weighted by Crippen LogP contribution is 2.30. The largest absolute Gasteiger partial charge is 0.491 e. The van der Waals surface area contributed by atoms with Crippen molar-refractivity contribution in [2.24, 2.45) is 0 Å². The molecule has 1 saturated heterocycles. The first-order chi connectivity index (χ1) is 15.6. The molecule has 168 valence electrons. The Balaban J connectivity index is 1.36. The number of nitriles is 1. The molecule has 0 amide bonds. The summed E-state index contributed by atoms with van der Waals surface area (Å²) in [6.07, 6.45) is 1.86. The number of piperidine rings is 1. The van der Waals surface area contributed by atoms with Crippen LogP contribution in [-0.2, 0) is 6.54 Å². The highest BCUT2D eigenvalue weighted by Gasteiger charge is 2.22. The van der Waals surface area contributed by atoms with E-state index in [0.29, 0.717) is 42.4 Å². The second-order valence-electron chi connectivity index (χ2n) is 7.78. The quantitative estimate of drug-likeness (QED) is 0.545. The molecule has 4 rings (SSSR count). The lowest BCUT2D eigenvalue weighted by atomic mass is 10.0. The molecule has 0 radical (unpaired) electrons. The Labute approximate surface area is 186 Å². The molecule has 8 heteroatoms. The van der Waals surface area contributed by atoms with Crippen LogP contribution in [0.2, 0.25) is 0 Å². The lowest BCUT2D eigenvalue weighted by molar-refractivity contribution is 0.209. The standard InChI is InChI=1S/C24H27FN4O3/c1-3-30-21-12-17(13-22(23(21)25)31-4-2)15-29-9-7-18(8-10-29)27-24-28-19-11-16(14-26)5-6-20(19)32-24/h5-6,11-13,18H,3-4,7-10,15H2,1-2H3,(H,27,28). The average molecular weight is 439 g/mol. The van der Waals surface area contributed by atoms with E-state index in [-0.39, 0.29) is 17.5 Å². The van der Waals surface area contributed by atoms with Gasteiger partial charge in [-0.05, 0) is 62.6 Å². The predicted octanol–water partition coefficient (Wildman–Crippen LogP) is 4.71. The summed E-state index contributed by atoms with van der Waals surface area (Å²) >= 11 is 0. The Morgan fingerprint density at radius 2 is 1.84 bits per heavy atom. The van der Waals surface area contributed by atoms with E-state index in [9.17, 15) is 4.39 Å². The van der Waals surface area contributed by atoms with Crippen LogP contribution in [0.25, 0.3) is 11.1 Å². The van der Waals surface area contributed by atoms with E-state index in [0.717, 1.165) is 31.5 Å². The number of anilines is 1. The number of nitrogens with zero attached hydrogens (tertiary/aromatic N) is 3. The van der Waals surface area contributed by atoms with E-state index in [1.54, 1.807) is 30.3 Å². The van der Waals surface area contributed by atoms with E-state index in [4.69, 9.17) is 19.2 Å². The summed E-state index contributed by atoms with van der Waals surface area (Å²) in [4.78, 5) is 6.79. The third-order valence-corrected chi connectivity index (χ3v) is 5.50. The summed E-state index contributed by atoms with van der Waals surface area (Å²) in [6, 6.07) is 11.6. The van der Waals surface area contributed by atoms with Crippen LogP contribution in [0, 0.1) is 17.1 Å². The van der Waals surface area contributed by atoms with Crippen molar-refractivity contribution in [3.05, 3.63) is 47.3 Å². The maximum atomic E-state index is 14.5. The van der Waals surface area contributed by atoms with Gasteiger partial charge in [0.05, 0.1) is 24.8 Å². The SMILES string of the molecule is CCOc1cc(CN2CCC(Nc3nc4cc(C#N)ccc4o3)CC2)cc(OCC)c1F. The summed E-state index contributed by atoms with van der Waals surface area (Å²) in [6.45, 7) is 6.96. The van der Waals surface area contributed by atoms with Crippen LogP contribution >= 0.6 is 0 Å². The van der Waals surface area contributed by atoms with Crippen molar-refractivity contribution in [3.63, 3.8) is 0 Å². The van der Waals surface area contributed by atoms with E-state index >= 15 is 0 Å². The van der Waals surface area contributed by atoms with Crippen molar-refractivity contribution in [2.75, 3.05) is 31.6 Å². The minimum absolute atomic E-state index is 0.237. The predicted molar refractivity (Wildman–Crippen MR) is 119 cm³/mol. The van der Waals surface area contributed by atoms with Crippen molar-refractivity contribution in [3.8, 4) is 17.6 Å². The normalized spacial score (nSPS) is 14.9. The number of oxazole rings is 1. The maximum Gasteiger partial charge on any atom is 0.295 e. The number of likely N-dealkylation sites (tertiary alicyclic amines) is 1. The molecular weight excluding hydrogens is 411 g/mol. The second kappa shape index (κ2) is 9.88. The summed E-state index contributed by atoms with van der Waals surface area (Å²) in [5, 5.41) is 12.4. The van der Waals surface area contributed by atoms with Crippen LogP contribution in [0.5, 0.6) is 11.5 Å². The summed E-state index contributed by atoms with van der Waals surface area (Å²) < 4.78 is 31.2. The average Bonchev–Trinajstić information content (AvgIpc) is 3.20. The topological polar surface area (TPSA) is 83.5 Å². The van der Waals surface area contributed by atoms with Crippen LogP contribution in [0.3, 0.4) is 0 Å². The number of hydrogen-bond donors (Lipinski definition) is 1. The third kappa shape index (κ3) is 4.94. The van der Waals surface area contributed by atoms with Crippen molar-refractivity contribution < 1.29 is 18.3 Å². The maximum absolute atomic E-state index is 14.5. The summed E-state index contributed by atoms with van der Waals surface area (Å²) in [5.74, 6) is 0.0293. The van der Waals surface area contributed by atoms with Gasteiger partial charge in [-0.1, -0.05) is 0 Å². The Bertz CT molecular complexity index is 1090. The fourth-order valence-corrected chi connectivity index (χ4v) is 3.97. The number of ether oxygens (including phenoxy) is 2. The molecule has 2 heterocycles. The Kier molecular flexibility index (Phi) is 6.76. The Morgan fingerprint density at radius 1 is 1.16 bits per heavy atom. The highest BCUT2D eigenvalue weighted by atomic mass is 19.1. The smallest absolute Gasteiger partial charge is 0.295 e. The molecule has 1 aliphatic heterocycles. The number of halogens is 1. The fraction of sp³-hybridized carbons (Fsp3) is 0.417. The zero-order chi connectivity index (χ0) is 22.5. The molecule has 0 atom stereocenters. The fourth-order valence-electron chi connectivity index (χ4n) is 3.97. The van der Waals surface area contributed by atoms with Crippen molar-refractivity contribution in [1.29, 1.82) is 5.26 Å². The van der Waals surface area contributed by atoms with E-state index < -0.39 is 5.82 Å². The van der Waals surface area contributed by atoms with E-state index in [1.165, 1.54) is 0 Å². The summed E-state index contributed by atoms with van der Waals surface area (Å²) in [5.41, 5.74) is 2.87. The van der Waals surface area contributed by atoms with Gasteiger partial charge in [0.2, 0.25) is 5.82 Å². The molecule has 1 aromatic heterocycles. The minimum Gasteiger partial charge on any atom is -0.491 e. The number of fused-ring (bicyclic) bond motifs is 1. The second-order valence-corrected chi connectivity index (χ2v) is 7.78. The molecule has 1 aliphatic rings. The van der Waals surface area contributed by atoms with Gasteiger partial charge in [-0.3, -0.25) is 4.90 Å². The van der Waals surface area contributed by atoms with E-state index in [1.807, 2.05) is 13.8 Å². The molecular formula is C24H27FN4O3.